The Kier molecular flexibility index (Phi) is 9.95. The second-order valence-electron chi connectivity index (χ2n) is 9.65. The molecule has 0 saturated heterocycles. The zero-order valence-electron chi connectivity index (χ0n) is 21.5. The van der Waals surface area contributed by atoms with Crippen molar-refractivity contribution in [3.63, 3.8) is 0 Å². The molecule has 1 saturated carbocycles. The lowest BCUT2D eigenvalue weighted by molar-refractivity contribution is -0.140. The van der Waals surface area contributed by atoms with E-state index in [-0.39, 0.29) is 29.2 Å². The Balaban J connectivity index is 1.93. The van der Waals surface area contributed by atoms with Gasteiger partial charge in [-0.05, 0) is 49.9 Å². The third kappa shape index (κ3) is 7.92. The molecule has 0 aliphatic heterocycles. The molecule has 1 N–H and O–H groups in total. The smallest absolute Gasteiger partial charge is 0.244 e. The van der Waals surface area contributed by atoms with E-state index in [9.17, 15) is 22.4 Å². The first-order valence-electron chi connectivity index (χ1n) is 12.6. The molecule has 0 heterocycles. The highest BCUT2D eigenvalue weighted by Crippen LogP contribution is 2.25. The van der Waals surface area contributed by atoms with Crippen molar-refractivity contribution in [1.82, 2.24) is 10.2 Å². The van der Waals surface area contributed by atoms with Gasteiger partial charge in [0.2, 0.25) is 21.8 Å². The second kappa shape index (κ2) is 12.7. The molecule has 2 amide bonds. The average Bonchev–Trinajstić information content (AvgIpc) is 2.84. The van der Waals surface area contributed by atoms with Gasteiger partial charge in [0.05, 0.1) is 17.0 Å². The summed E-state index contributed by atoms with van der Waals surface area (Å²) in [5.41, 5.74) is 1.90. The fourth-order valence-corrected chi connectivity index (χ4v) is 5.74. The number of benzene rings is 2. The first-order valence-corrected chi connectivity index (χ1v) is 14.8. The Hall–Kier alpha value is -2.65. The fraction of sp³-hybridized carbons (Fsp3) is 0.481. The van der Waals surface area contributed by atoms with Gasteiger partial charge in [-0.2, -0.15) is 0 Å². The van der Waals surface area contributed by atoms with Crippen LogP contribution in [0.3, 0.4) is 0 Å². The van der Waals surface area contributed by atoms with E-state index >= 15 is 0 Å². The number of nitrogens with one attached hydrogen (secondary N) is 1. The van der Waals surface area contributed by atoms with Crippen LogP contribution >= 0.6 is 11.6 Å². The van der Waals surface area contributed by atoms with Crippen LogP contribution in [-0.4, -0.2) is 50.0 Å². The largest absolute Gasteiger partial charge is 0.352 e. The third-order valence-electron chi connectivity index (χ3n) is 6.64. The summed E-state index contributed by atoms with van der Waals surface area (Å²) in [6.07, 6.45) is 6.39. The molecule has 1 aliphatic carbocycles. The molecule has 1 fully saturated rings. The van der Waals surface area contributed by atoms with Gasteiger partial charge in [-0.1, -0.05) is 67.6 Å². The van der Waals surface area contributed by atoms with E-state index in [1.165, 1.54) is 17.0 Å². The lowest BCUT2D eigenvalue weighted by Gasteiger charge is -2.34. The summed E-state index contributed by atoms with van der Waals surface area (Å²) in [5.74, 6) is -1.49. The summed E-state index contributed by atoms with van der Waals surface area (Å²) in [7, 11) is -3.93. The number of nitrogens with zero attached hydrogens (tertiary/aromatic N) is 2. The maximum atomic E-state index is 13.7. The van der Waals surface area contributed by atoms with E-state index in [0.29, 0.717) is 6.42 Å². The summed E-state index contributed by atoms with van der Waals surface area (Å²) < 4.78 is 40.0. The molecule has 1 aliphatic rings. The Labute approximate surface area is 224 Å². The molecular weight excluding hydrogens is 517 g/mol. The molecule has 3 rings (SSSR count). The van der Waals surface area contributed by atoms with Crippen LogP contribution in [0.5, 0.6) is 0 Å². The van der Waals surface area contributed by atoms with Crippen molar-refractivity contribution in [3.8, 4) is 0 Å². The minimum Gasteiger partial charge on any atom is -0.352 e. The number of hydrogen-bond acceptors (Lipinski definition) is 4. The van der Waals surface area contributed by atoms with Crippen molar-refractivity contribution >= 4 is 39.1 Å². The van der Waals surface area contributed by atoms with Crippen molar-refractivity contribution < 1.29 is 22.4 Å². The molecule has 10 heteroatoms. The molecule has 0 aromatic heterocycles. The number of amides is 2. The normalized spacial score (nSPS) is 15.2. The van der Waals surface area contributed by atoms with Crippen LogP contribution in [0.15, 0.2) is 42.5 Å². The number of carbonyl (C=O) groups is 2. The lowest BCUT2D eigenvalue weighted by Crippen LogP contribution is -2.53. The molecule has 2 aromatic rings. The van der Waals surface area contributed by atoms with E-state index in [1.807, 2.05) is 38.1 Å². The van der Waals surface area contributed by atoms with Crippen LogP contribution < -0.4 is 9.62 Å². The predicted octanol–water partition coefficient (Wildman–Crippen LogP) is 4.81. The number of sulfonamides is 1. The number of aryl methyl sites for hydroxylation is 1. The van der Waals surface area contributed by atoms with Crippen LogP contribution in [-0.2, 0) is 26.2 Å². The maximum absolute atomic E-state index is 13.7. The van der Waals surface area contributed by atoms with E-state index < -0.39 is 34.3 Å². The molecule has 0 unspecified atom stereocenters. The SMILES string of the molecule is CC[C@H](C(=O)NC1CCCCC1)N(Cc1cccc(C)c1)C(=O)CN(c1ccc(F)c(Cl)c1)S(C)(=O)=O. The minimum atomic E-state index is -3.93. The maximum Gasteiger partial charge on any atom is 0.244 e. The van der Waals surface area contributed by atoms with Gasteiger partial charge < -0.3 is 10.2 Å². The summed E-state index contributed by atoms with van der Waals surface area (Å²) >= 11 is 5.89. The highest BCUT2D eigenvalue weighted by atomic mass is 35.5. The van der Waals surface area contributed by atoms with Gasteiger partial charge in [0.1, 0.15) is 18.4 Å². The number of rotatable bonds is 10. The number of hydrogen-bond donors (Lipinski definition) is 1. The van der Waals surface area contributed by atoms with Gasteiger partial charge in [0.15, 0.2) is 0 Å². The van der Waals surface area contributed by atoms with E-state index in [0.717, 1.165) is 59.9 Å². The number of anilines is 1. The summed E-state index contributed by atoms with van der Waals surface area (Å²) in [6, 6.07) is 10.4. The number of halogens is 2. The van der Waals surface area contributed by atoms with Gasteiger partial charge in [0, 0.05) is 12.6 Å². The predicted molar refractivity (Wildman–Crippen MR) is 144 cm³/mol. The molecular formula is C27H35ClFN3O4S. The Morgan fingerprint density at radius 2 is 1.84 bits per heavy atom. The molecule has 0 spiro atoms. The van der Waals surface area contributed by atoms with E-state index in [2.05, 4.69) is 5.32 Å². The highest BCUT2D eigenvalue weighted by Gasteiger charge is 2.33. The van der Waals surface area contributed by atoms with Gasteiger partial charge in [-0.3, -0.25) is 13.9 Å². The molecule has 0 radical (unpaired) electrons. The molecule has 0 bridgehead atoms. The zero-order valence-corrected chi connectivity index (χ0v) is 23.1. The number of carbonyl (C=O) groups excluding carboxylic acids is 2. The van der Waals surface area contributed by atoms with Crippen molar-refractivity contribution in [1.29, 1.82) is 0 Å². The standard InChI is InChI=1S/C27H35ClFN3O4S/c1-4-25(27(34)30-21-11-6-5-7-12-21)31(17-20-10-8-9-19(2)15-20)26(33)18-32(37(3,35)36)22-13-14-24(29)23(28)16-22/h8-10,13-16,21,25H,4-7,11-12,17-18H2,1-3H3,(H,30,34)/t25-/m1/s1. The van der Waals surface area contributed by atoms with Crippen molar-refractivity contribution in [3.05, 3.63) is 64.4 Å². The lowest BCUT2D eigenvalue weighted by atomic mass is 9.95. The Bertz CT molecular complexity index is 1220. The average molecular weight is 552 g/mol. The summed E-state index contributed by atoms with van der Waals surface area (Å²) in [6.45, 7) is 3.35. The third-order valence-corrected chi connectivity index (χ3v) is 8.07. The summed E-state index contributed by atoms with van der Waals surface area (Å²) in [4.78, 5) is 28.6. The first-order chi connectivity index (χ1) is 17.5. The van der Waals surface area contributed by atoms with Crippen LogP contribution in [0.25, 0.3) is 0 Å². The van der Waals surface area contributed by atoms with Crippen LogP contribution in [0.4, 0.5) is 10.1 Å². The quantitative estimate of drug-likeness (QED) is 0.459. The van der Waals surface area contributed by atoms with Gasteiger partial charge in [0.25, 0.3) is 0 Å². The van der Waals surface area contributed by atoms with Crippen LogP contribution in [0.1, 0.15) is 56.6 Å². The zero-order chi connectivity index (χ0) is 27.2. The monoisotopic (exact) mass is 551 g/mol. The van der Waals surface area contributed by atoms with Crippen LogP contribution in [0.2, 0.25) is 5.02 Å². The fourth-order valence-electron chi connectivity index (χ4n) is 4.72. The molecule has 2 aromatic carbocycles. The topological polar surface area (TPSA) is 86.8 Å². The van der Waals surface area contributed by atoms with Crippen molar-refractivity contribution in [2.24, 2.45) is 0 Å². The Morgan fingerprint density at radius 1 is 1.14 bits per heavy atom. The van der Waals surface area contributed by atoms with E-state index in [1.54, 1.807) is 0 Å². The van der Waals surface area contributed by atoms with Gasteiger partial charge in [-0.15, -0.1) is 0 Å². The molecule has 1 atom stereocenters. The highest BCUT2D eigenvalue weighted by molar-refractivity contribution is 7.92. The Morgan fingerprint density at radius 3 is 2.43 bits per heavy atom. The molecule has 7 nitrogen and oxygen atoms in total. The molecule has 37 heavy (non-hydrogen) atoms. The van der Waals surface area contributed by atoms with Crippen molar-refractivity contribution in [2.45, 2.75) is 71.0 Å². The second-order valence-corrected chi connectivity index (χ2v) is 12.0. The summed E-state index contributed by atoms with van der Waals surface area (Å²) in [5, 5.41) is 2.85. The molecule has 202 valence electrons. The minimum absolute atomic E-state index is 0.0671. The first kappa shape index (κ1) is 28.9. The van der Waals surface area contributed by atoms with Gasteiger partial charge in [-0.25, -0.2) is 12.8 Å². The van der Waals surface area contributed by atoms with Crippen molar-refractivity contribution in [2.75, 3.05) is 17.1 Å². The van der Waals surface area contributed by atoms with Crippen LogP contribution in [0, 0.1) is 12.7 Å². The van der Waals surface area contributed by atoms with Gasteiger partial charge >= 0.3 is 0 Å². The van der Waals surface area contributed by atoms with E-state index in [4.69, 9.17) is 11.6 Å².